The minimum absolute atomic E-state index is 0.296. The first kappa shape index (κ1) is 14.4. The lowest BCUT2D eigenvalue weighted by molar-refractivity contribution is -0.119. The van der Waals surface area contributed by atoms with Gasteiger partial charge < -0.3 is 10.3 Å². The van der Waals surface area contributed by atoms with E-state index in [1.54, 1.807) is 23.2 Å². The number of benzene rings is 1. The van der Waals surface area contributed by atoms with Gasteiger partial charge in [0.2, 0.25) is 5.91 Å². The second-order valence-corrected chi connectivity index (χ2v) is 5.81. The topological polar surface area (TPSA) is 94.1 Å². The number of hydrogen-bond donors (Lipinski definition) is 1. The molecule has 120 valence electrons. The Morgan fingerprint density at radius 2 is 2.00 bits per heavy atom. The number of pyridine rings is 1. The van der Waals surface area contributed by atoms with Gasteiger partial charge in [0.15, 0.2) is 5.65 Å². The summed E-state index contributed by atoms with van der Waals surface area (Å²) in [6, 6.07) is 8.38. The van der Waals surface area contributed by atoms with Crippen LogP contribution < -0.4 is 10.6 Å². The number of nitrogens with zero attached hydrogens (tertiary/aromatic N) is 4. The van der Waals surface area contributed by atoms with Crippen LogP contribution in [-0.4, -0.2) is 32.4 Å². The zero-order chi connectivity index (χ0) is 16.8. The van der Waals surface area contributed by atoms with Crippen molar-refractivity contribution in [2.24, 2.45) is 12.8 Å². The number of aryl methyl sites for hydroxylation is 1. The molecule has 24 heavy (non-hydrogen) atoms. The van der Waals surface area contributed by atoms with Gasteiger partial charge in [-0.15, -0.1) is 0 Å². The predicted octanol–water partition coefficient (Wildman–Crippen LogP) is 1.03. The SMILES string of the molecule is Cn1cnc2c(C(=O)N3c4ccccc4C[C@H]3C(N)=O)ccnc21. The molecule has 1 aliphatic heterocycles. The molecule has 0 unspecified atom stereocenters. The van der Waals surface area contributed by atoms with Crippen LogP contribution in [0, 0.1) is 0 Å². The molecule has 7 heteroatoms. The molecule has 7 nitrogen and oxygen atoms in total. The van der Waals surface area contributed by atoms with Crippen LogP contribution >= 0.6 is 0 Å². The molecule has 0 fully saturated rings. The number of amides is 2. The van der Waals surface area contributed by atoms with E-state index in [2.05, 4.69) is 9.97 Å². The zero-order valence-corrected chi connectivity index (χ0v) is 13.0. The van der Waals surface area contributed by atoms with Gasteiger partial charge in [0.1, 0.15) is 11.6 Å². The van der Waals surface area contributed by atoms with Crippen molar-refractivity contribution in [3.8, 4) is 0 Å². The average molecular weight is 321 g/mol. The summed E-state index contributed by atoms with van der Waals surface area (Å²) in [4.78, 5) is 35.1. The molecule has 0 saturated heterocycles. The van der Waals surface area contributed by atoms with Gasteiger partial charge in [0.05, 0.1) is 11.9 Å². The fourth-order valence-electron chi connectivity index (χ4n) is 3.19. The van der Waals surface area contributed by atoms with Gasteiger partial charge in [0, 0.05) is 25.4 Å². The van der Waals surface area contributed by atoms with Crippen molar-refractivity contribution in [3.63, 3.8) is 0 Å². The van der Waals surface area contributed by atoms with Gasteiger partial charge in [-0.05, 0) is 17.7 Å². The fraction of sp³-hybridized carbons (Fsp3) is 0.176. The summed E-state index contributed by atoms with van der Waals surface area (Å²) >= 11 is 0. The van der Waals surface area contributed by atoms with E-state index in [0.717, 1.165) is 5.56 Å². The molecule has 4 rings (SSSR count). The van der Waals surface area contributed by atoms with Crippen molar-refractivity contribution in [1.29, 1.82) is 0 Å². The third-order valence-corrected chi connectivity index (χ3v) is 4.35. The molecule has 3 aromatic rings. The molecule has 2 amide bonds. The van der Waals surface area contributed by atoms with E-state index in [0.29, 0.717) is 28.8 Å². The van der Waals surface area contributed by atoms with Gasteiger partial charge in [-0.1, -0.05) is 18.2 Å². The maximum atomic E-state index is 13.2. The van der Waals surface area contributed by atoms with E-state index in [9.17, 15) is 9.59 Å². The van der Waals surface area contributed by atoms with Crippen molar-refractivity contribution >= 4 is 28.7 Å². The summed E-state index contributed by atoms with van der Waals surface area (Å²) in [5, 5.41) is 0. The molecule has 2 N–H and O–H groups in total. The monoisotopic (exact) mass is 321 g/mol. The van der Waals surface area contributed by atoms with Crippen LogP contribution in [0.3, 0.4) is 0 Å². The number of carbonyl (C=O) groups is 2. The van der Waals surface area contributed by atoms with Crippen molar-refractivity contribution in [3.05, 3.63) is 54.0 Å². The number of anilines is 1. The molecule has 0 saturated carbocycles. The first-order chi connectivity index (χ1) is 11.6. The van der Waals surface area contributed by atoms with E-state index < -0.39 is 11.9 Å². The number of rotatable bonds is 2. The number of para-hydroxylation sites is 1. The largest absolute Gasteiger partial charge is 0.368 e. The highest BCUT2D eigenvalue weighted by Crippen LogP contribution is 2.33. The zero-order valence-electron chi connectivity index (χ0n) is 13.0. The summed E-state index contributed by atoms with van der Waals surface area (Å²) in [5.74, 6) is -0.819. The number of fused-ring (bicyclic) bond motifs is 2. The molecule has 0 radical (unpaired) electrons. The summed E-state index contributed by atoms with van der Waals surface area (Å²) in [6.45, 7) is 0. The van der Waals surface area contributed by atoms with Crippen LogP contribution in [0.2, 0.25) is 0 Å². The number of nitrogens with two attached hydrogens (primary N) is 1. The first-order valence-electron chi connectivity index (χ1n) is 7.54. The van der Waals surface area contributed by atoms with Crippen LogP contribution in [0.25, 0.3) is 11.2 Å². The summed E-state index contributed by atoms with van der Waals surface area (Å²) in [5.41, 5.74) is 8.71. The average Bonchev–Trinajstić information content (AvgIpc) is 3.15. The van der Waals surface area contributed by atoms with E-state index >= 15 is 0 Å². The Labute approximate surface area is 137 Å². The van der Waals surface area contributed by atoms with E-state index in [1.165, 1.54) is 4.90 Å². The first-order valence-corrected chi connectivity index (χ1v) is 7.54. The van der Waals surface area contributed by atoms with Crippen LogP contribution in [0.4, 0.5) is 5.69 Å². The smallest absolute Gasteiger partial charge is 0.261 e. The molecule has 1 atom stereocenters. The van der Waals surface area contributed by atoms with Gasteiger partial charge in [0.25, 0.3) is 5.91 Å². The molecule has 2 aromatic heterocycles. The Hall–Kier alpha value is -3.22. The molecule has 1 aromatic carbocycles. The van der Waals surface area contributed by atoms with Crippen LogP contribution in [0.5, 0.6) is 0 Å². The van der Waals surface area contributed by atoms with Crippen LogP contribution in [0.1, 0.15) is 15.9 Å². The third-order valence-electron chi connectivity index (χ3n) is 4.35. The summed E-state index contributed by atoms with van der Waals surface area (Å²) < 4.78 is 1.75. The molecular formula is C17H15N5O2. The van der Waals surface area contributed by atoms with Gasteiger partial charge >= 0.3 is 0 Å². The fourth-order valence-corrected chi connectivity index (χ4v) is 3.19. The van der Waals surface area contributed by atoms with Crippen molar-refractivity contribution in [2.45, 2.75) is 12.5 Å². The van der Waals surface area contributed by atoms with Crippen LogP contribution in [-0.2, 0) is 18.3 Å². The lowest BCUT2D eigenvalue weighted by Gasteiger charge is -2.23. The highest BCUT2D eigenvalue weighted by atomic mass is 16.2. The number of aromatic nitrogens is 3. The second-order valence-electron chi connectivity index (χ2n) is 5.81. The summed E-state index contributed by atoms with van der Waals surface area (Å²) in [6.07, 6.45) is 3.60. The Kier molecular flexibility index (Phi) is 3.09. The van der Waals surface area contributed by atoms with Crippen molar-refractivity contribution in [1.82, 2.24) is 14.5 Å². The Morgan fingerprint density at radius 3 is 2.79 bits per heavy atom. The minimum Gasteiger partial charge on any atom is -0.368 e. The lowest BCUT2D eigenvalue weighted by Crippen LogP contribution is -2.46. The maximum absolute atomic E-state index is 13.2. The molecule has 1 aliphatic rings. The van der Waals surface area contributed by atoms with E-state index in [4.69, 9.17) is 5.73 Å². The number of primary amides is 1. The Morgan fingerprint density at radius 1 is 1.21 bits per heavy atom. The highest BCUT2D eigenvalue weighted by molar-refractivity contribution is 6.15. The number of hydrogen-bond acceptors (Lipinski definition) is 4. The van der Waals surface area contributed by atoms with Crippen molar-refractivity contribution in [2.75, 3.05) is 4.90 Å². The maximum Gasteiger partial charge on any atom is 0.261 e. The quantitative estimate of drug-likeness (QED) is 0.762. The summed E-state index contributed by atoms with van der Waals surface area (Å²) in [7, 11) is 1.81. The van der Waals surface area contributed by atoms with Gasteiger partial charge in [-0.25, -0.2) is 9.97 Å². The van der Waals surface area contributed by atoms with Gasteiger partial charge in [-0.3, -0.25) is 14.5 Å². The lowest BCUT2D eigenvalue weighted by atomic mass is 10.1. The predicted molar refractivity (Wildman–Crippen MR) is 88.4 cm³/mol. The highest BCUT2D eigenvalue weighted by Gasteiger charge is 2.38. The molecule has 0 bridgehead atoms. The third kappa shape index (κ3) is 1.98. The minimum atomic E-state index is -0.693. The Bertz CT molecular complexity index is 978. The molecule has 0 aliphatic carbocycles. The van der Waals surface area contributed by atoms with E-state index in [1.807, 2.05) is 31.3 Å². The molecular weight excluding hydrogens is 306 g/mol. The van der Waals surface area contributed by atoms with Crippen molar-refractivity contribution < 1.29 is 9.59 Å². The Balaban J connectivity index is 1.86. The molecule has 3 heterocycles. The molecule has 0 spiro atoms. The standard InChI is InChI=1S/C17H15N5O2/c1-21-9-20-14-11(6-7-19-16(14)21)17(24)22-12-5-3-2-4-10(12)8-13(22)15(18)23/h2-7,9,13H,8H2,1H3,(H2,18,23)/t13-/m0/s1. The van der Waals surface area contributed by atoms with Gasteiger partial charge in [-0.2, -0.15) is 0 Å². The van der Waals surface area contributed by atoms with E-state index in [-0.39, 0.29) is 5.91 Å². The normalized spacial score (nSPS) is 16.4. The number of imidazole rings is 1. The number of carbonyl (C=O) groups excluding carboxylic acids is 2. The van der Waals surface area contributed by atoms with Crippen LogP contribution in [0.15, 0.2) is 42.9 Å². The second kappa shape index (κ2) is 5.16.